The summed E-state index contributed by atoms with van der Waals surface area (Å²) in [7, 11) is 0. The van der Waals surface area contributed by atoms with E-state index < -0.39 is 6.10 Å². The molecule has 5 nitrogen and oxygen atoms in total. The van der Waals surface area contributed by atoms with E-state index in [0.29, 0.717) is 17.0 Å². The first-order chi connectivity index (χ1) is 9.72. The molecular formula is C15H18N4O. The highest BCUT2D eigenvalue weighted by Gasteiger charge is 2.26. The molecular weight excluding hydrogens is 252 g/mol. The lowest BCUT2D eigenvalue weighted by Gasteiger charge is -2.23. The van der Waals surface area contributed by atoms with E-state index in [0.717, 1.165) is 37.6 Å². The fraction of sp³-hybridized carbons (Fsp3) is 0.467. The minimum Gasteiger partial charge on any atom is -0.391 e. The van der Waals surface area contributed by atoms with Gasteiger partial charge in [-0.2, -0.15) is 5.26 Å². The highest BCUT2D eigenvalue weighted by Crippen LogP contribution is 2.33. The quantitative estimate of drug-likeness (QED) is 0.779. The van der Waals surface area contributed by atoms with Gasteiger partial charge in [0.2, 0.25) is 5.95 Å². The molecule has 0 saturated heterocycles. The summed E-state index contributed by atoms with van der Waals surface area (Å²) in [4.78, 5) is 4.33. The van der Waals surface area contributed by atoms with Gasteiger partial charge in [0, 0.05) is 0 Å². The zero-order valence-electron chi connectivity index (χ0n) is 11.3. The van der Waals surface area contributed by atoms with Crippen molar-refractivity contribution in [3.8, 4) is 6.07 Å². The molecule has 0 amide bonds. The van der Waals surface area contributed by atoms with Gasteiger partial charge in [0.25, 0.3) is 0 Å². The average molecular weight is 270 g/mol. The summed E-state index contributed by atoms with van der Waals surface area (Å²) in [6.07, 6.45) is 4.56. The molecule has 2 unspecified atom stereocenters. The molecule has 3 N–H and O–H groups in total. The highest BCUT2D eigenvalue weighted by molar-refractivity contribution is 5.84. The molecule has 20 heavy (non-hydrogen) atoms. The molecule has 1 aromatic heterocycles. The fourth-order valence-corrected chi connectivity index (χ4v) is 3.14. The molecule has 1 aliphatic carbocycles. The molecule has 0 bridgehead atoms. The van der Waals surface area contributed by atoms with Gasteiger partial charge in [-0.15, -0.1) is 0 Å². The Balaban J connectivity index is 2.15. The standard InChI is InChI=1S/C15H18N4O/c16-9-10-5-4-7-12-14(10)18-15(17)19(12)11-6-2-1-3-8-13(11)20/h4-5,7,11,13,20H,1-3,6,8H2,(H2,17,18). The van der Waals surface area contributed by atoms with Crippen LogP contribution in [-0.4, -0.2) is 20.8 Å². The number of hydrogen-bond donors (Lipinski definition) is 2. The third-order valence-corrected chi connectivity index (χ3v) is 4.14. The number of rotatable bonds is 1. The van der Waals surface area contributed by atoms with Crippen molar-refractivity contribution in [3.63, 3.8) is 0 Å². The molecule has 1 aliphatic rings. The monoisotopic (exact) mass is 270 g/mol. The Bertz CT molecular complexity index is 670. The smallest absolute Gasteiger partial charge is 0.201 e. The van der Waals surface area contributed by atoms with Crippen molar-refractivity contribution >= 4 is 17.0 Å². The number of nitrogens with zero attached hydrogens (tertiary/aromatic N) is 3. The van der Waals surface area contributed by atoms with Crippen molar-refractivity contribution in [3.05, 3.63) is 23.8 Å². The van der Waals surface area contributed by atoms with Crippen LogP contribution >= 0.6 is 0 Å². The van der Waals surface area contributed by atoms with Gasteiger partial charge < -0.3 is 15.4 Å². The van der Waals surface area contributed by atoms with E-state index in [1.54, 1.807) is 6.07 Å². The molecule has 0 radical (unpaired) electrons. The molecule has 2 aromatic rings. The predicted octanol–water partition coefficient (Wildman–Crippen LogP) is 2.36. The van der Waals surface area contributed by atoms with Crippen LogP contribution in [0, 0.1) is 11.3 Å². The number of hydrogen-bond acceptors (Lipinski definition) is 4. The normalized spacial score (nSPS) is 23.4. The summed E-state index contributed by atoms with van der Waals surface area (Å²) >= 11 is 0. The molecule has 5 heteroatoms. The molecule has 1 saturated carbocycles. The Kier molecular flexibility index (Phi) is 3.33. The zero-order valence-corrected chi connectivity index (χ0v) is 11.3. The molecule has 1 aromatic carbocycles. The number of aromatic nitrogens is 2. The number of benzene rings is 1. The summed E-state index contributed by atoms with van der Waals surface area (Å²) in [5.74, 6) is 0.383. The van der Waals surface area contributed by atoms with E-state index in [1.165, 1.54) is 0 Å². The van der Waals surface area contributed by atoms with Gasteiger partial charge in [-0.1, -0.05) is 25.3 Å². The molecule has 1 heterocycles. The van der Waals surface area contributed by atoms with Gasteiger partial charge in [-0.25, -0.2) is 4.98 Å². The Morgan fingerprint density at radius 2 is 2.10 bits per heavy atom. The summed E-state index contributed by atoms with van der Waals surface area (Å²) in [5, 5.41) is 19.5. The molecule has 1 fully saturated rings. The topological polar surface area (TPSA) is 87.9 Å². The Morgan fingerprint density at radius 1 is 1.30 bits per heavy atom. The maximum atomic E-state index is 10.4. The summed E-state index contributed by atoms with van der Waals surface area (Å²) in [6.45, 7) is 0. The Hall–Kier alpha value is -2.06. The number of aliphatic hydroxyl groups is 1. The maximum Gasteiger partial charge on any atom is 0.201 e. The third-order valence-electron chi connectivity index (χ3n) is 4.14. The van der Waals surface area contributed by atoms with Crippen molar-refractivity contribution in [2.24, 2.45) is 0 Å². The maximum absolute atomic E-state index is 10.4. The van der Waals surface area contributed by atoms with Crippen LogP contribution in [0.25, 0.3) is 11.0 Å². The van der Waals surface area contributed by atoms with E-state index in [9.17, 15) is 5.11 Å². The van der Waals surface area contributed by atoms with Crippen LogP contribution in [0.3, 0.4) is 0 Å². The largest absolute Gasteiger partial charge is 0.391 e. The lowest BCUT2D eigenvalue weighted by atomic mass is 10.1. The van der Waals surface area contributed by atoms with E-state index in [1.807, 2.05) is 16.7 Å². The van der Waals surface area contributed by atoms with Crippen LogP contribution < -0.4 is 5.73 Å². The van der Waals surface area contributed by atoms with Gasteiger partial charge in [-0.3, -0.25) is 0 Å². The minimum atomic E-state index is -0.400. The number of nitrogen functional groups attached to an aromatic ring is 1. The van der Waals surface area contributed by atoms with Crippen LogP contribution in [0.4, 0.5) is 5.95 Å². The first kappa shape index (κ1) is 12.9. The van der Waals surface area contributed by atoms with Gasteiger partial charge in [0.05, 0.1) is 23.2 Å². The SMILES string of the molecule is N#Cc1cccc2c1nc(N)n2C1CCCCCC1O. The Morgan fingerprint density at radius 3 is 2.90 bits per heavy atom. The predicted molar refractivity (Wildman–Crippen MR) is 77.0 cm³/mol. The molecule has 0 aliphatic heterocycles. The van der Waals surface area contributed by atoms with Crippen LogP contribution in [0.15, 0.2) is 18.2 Å². The van der Waals surface area contributed by atoms with Crippen molar-refractivity contribution in [1.82, 2.24) is 9.55 Å². The first-order valence-corrected chi connectivity index (χ1v) is 7.07. The van der Waals surface area contributed by atoms with E-state index >= 15 is 0 Å². The highest BCUT2D eigenvalue weighted by atomic mass is 16.3. The van der Waals surface area contributed by atoms with Crippen LogP contribution in [0.1, 0.15) is 43.7 Å². The summed E-state index contributed by atoms with van der Waals surface area (Å²) in [5.41, 5.74) is 8.05. The molecule has 3 rings (SSSR count). The van der Waals surface area contributed by atoms with Crippen molar-refractivity contribution in [1.29, 1.82) is 5.26 Å². The van der Waals surface area contributed by atoms with Gasteiger partial charge in [0.1, 0.15) is 11.6 Å². The van der Waals surface area contributed by atoms with Crippen LogP contribution in [0.2, 0.25) is 0 Å². The summed E-state index contributed by atoms with van der Waals surface area (Å²) < 4.78 is 1.91. The van der Waals surface area contributed by atoms with Gasteiger partial charge in [-0.05, 0) is 25.0 Å². The fourth-order valence-electron chi connectivity index (χ4n) is 3.14. The minimum absolute atomic E-state index is 0.0450. The van der Waals surface area contributed by atoms with Gasteiger partial charge in [0.15, 0.2) is 0 Å². The second-order valence-electron chi connectivity index (χ2n) is 5.40. The molecule has 2 atom stereocenters. The number of aliphatic hydroxyl groups excluding tert-OH is 1. The van der Waals surface area contributed by atoms with E-state index in [-0.39, 0.29) is 6.04 Å². The van der Waals surface area contributed by atoms with E-state index in [2.05, 4.69) is 11.1 Å². The number of nitriles is 1. The van der Waals surface area contributed by atoms with E-state index in [4.69, 9.17) is 11.0 Å². The van der Waals surface area contributed by atoms with Crippen molar-refractivity contribution in [2.75, 3.05) is 5.73 Å². The Labute approximate surface area is 117 Å². The number of anilines is 1. The van der Waals surface area contributed by atoms with Crippen LogP contribution in [-0.2, 0) is 0 Å². The molecule has 104 valence electrons. The molecule has 0 spiro atoms. The second kappa shape index (κ2) is 5.14. The number of fused-ring (bicyclic) bond motifs is 1. The van der Waals surface area contributed by atoms with Crippen LogP contribution in [0.5, 0.6) is 0 Å². The van der Waals surface area contributed by atoms with Crippen molar-refractivity contribution in [2.45, 2.75) is 44.2 Å². The number of imidazole rings is 1. The lowest BCUT2D eigenvalue weighted by Crippen LogP contribution is -2.24. The summed E-state index contributed by atoms with van der Waals surface area (Å²) in [6, 6.07) is 7.59. The van der Waals surface area contributed by atoms with Gasteiger partial charge >= 0.3 is 0 Å². The number of para-hydroxylation sites is 1. The second-order valence-corrected chi connectivity index (χ2v) is 5.40. The first-order valence-electron chi connectivity index (χ1n) is 7.07. The zero-order chi connectivity index (χ0) is 14.1. The average Bonchev–Trinajstić information content (AvgIpc) is 2.63. The number of nitrogens with two attached hydrogens (primary N) is 1. The van der Waals surface area contributed by atoms with Crippen molar-refractivity contribution < 1.29 is 5.11 Å². The lowest BCUT2D eigenvalue weighted by molar-refractivity contribution is 0.108. The third kappa shape index (κ3) is 2.02.